The van der Waals surface area contributed by atoms with Gasteiger partial charge in [0.05, 0.1) is 5.69 Å². The number of nitrogens with zero attached hydrogens (tertiary/aromatic N) is 3. The lowest BCUT2D eigenvalue weighted by molar-refractivity contribution is -0.126. The molecule has 1 amide bonds. The third-order valence-corrected chi connectivity index (χ3v) is 7.42. The van der Waals surface area contributed by atoms with E-state index >= 15 is 0 Å². The van der Waals surface area contributed by atoms with Crippen molar-refractivity contribution in [2.24, 2.45) is 23.2 Å². The second kappa shape index (κ2) is 6.47. The van der Waals surface area contributed by atoms with Crippen LogP contribution in [-0.4, -0.2) is 21.7 Å². The second-order valence-electron chi connectivity index (χ2n) is 9.23. The van der Waals surface area contributed by atoms with Crippen molar-refractivity contribution in [2.45, 2.75) is 71.9 Å². The van der Waals surface area contributed by atoms with Crippen LogP contribution < -0.4 is 10.9 Å². The van der Waals surface area contributed by atoms with Crippen LogP contribution in [0.25, 0.3) is 0 Å². The molecule has 4 aliphatic carbocycles. The van der Waals surface area contributed by atoms with Gasteiger partial charge in [-0.15, -0.1) is 0 Å². The lowest BCUT2D eigenvalue weighted by Gasteiger charge is -2.59. The molecule has 27 heavy (non-hydrogen) atoms. The van der Waals surface area contributed by atoms with Gasteiger partial charge in [0.1, 0.15) is 18.2 Å². The Balaban J connectivity index is 1.48. The molecule has 4 saturated carbocycles. The number of aromatic nitrogens is 2. The van der Waals surface area contributed by atoms with Gasteiger partial charge in [-0.1, -0.05) is 0 Å². The normalized spacial score (nSPS) is 32.1. The second-order valence-corrected chi connectivity index (χ2v) is 9.23. The Bertz CT molecular complexity index is 844. The number of nitriles is 1. The van der Waals surface area contributed by atoms with Crippen LogP contribution in [0, 0.1) is 48.3 Å². The molecule has 0 spiro atoms. The fraction of sp³-hybridized carbons (Fsp3) is 0.714. The van der Waals surface area contributed by atoms with Crippen LogP contribution in [0.5, 0.6) is 0 Å². The van der Waals surface area contributed by atoms with Crippen LogP contribution >= 0.6 is 0 Å². The minimum atomic E-state index is -0.488. The van der Waals surface area contributed by atoms with E-state index in [1.165, 1.54) is 38.5 Å². The largest absolute Gasteiger partial charge is 0.351 e. The van der Waals surface area contributed by atoms with Crippen molar-refractivity contribution in [3.8, 4) is 6.07 Å². The molecular formula is C21H28N4O2. The maximum atomic E-state index is 12.7. The average molecular weight is 368 g/mol. The van der Waals surface area contributed by atoms with Gasteiger partial charge in [0, 0.05) is 6.04 Å². The van der Waals surface area contributed by atoms with Crippen molar-refractivity contribution in [1.29, 1.82) is 5.26 Å². The fourth-order valence-electron chi connectivity index (χ4n) is 6.29. The average Bonchev–Trinajstić information content (AvgIpc) is 2.59. The lowest BCUT2D eigenvalue weighted by atomic mass is 9.48. The molecule has 0 aromatic carbocycles. The van der Waals surface area contributed by atoms with Crippen molar-refractivity contribution < 1.29 is 4.79 Å². The molecule has 1 atom stereocenters. The summed E-state index contributed by atoms with van der Waals surface area (Å²) in [6.07, 6.45) is 7.79. The number of amides is 1. The summed E-state index contributed by atoms with van der Waals surface area (Å²) in [7, 11) is 0. The van der Waals surface area contributed by atoms with Gasteiger partial charge in [-0.25, -0.2) is 4.68 Å². The number of carbonyl (C=O) groups is 1. The molecule has 0 saturated heterocycles. The molecule has 4 fully saturated rings. The van der Waals surface area contributed by atoms with Crippen LogP contribution in [0.4, 0.5) is 0 Å². The summed E-state index contributed by atoms with van der Waals surface area (Å²) in [5.41, 5.74) is 1.00. The molecule has 1 aromatic heterocycles. The zero-order valence-electron chi connectivity index (χ0n) is 16.4. The molecule has 4 bridgehead atoms. The van der Waals surface area contributed by atoms with Crippen LogP contribution in [-0.2, 0) is 11.3 Å². The Kier molecular flexibility index (Phi) is 4.37. The molecule has 5 rings (SSSR count). The third-order valence-electron chi connectivity index (χ3n) is 7.42. The summed E-state index contributed by atoms with van der Waals surface area (Å²) < 4.78 is 1.13. The highest BCUT2D eigenvalue weighted by molar-refractivity contribution is 5.76. The van der Waals surface area contributed by atoms with E-state index in [2.05, 4.69) is 17.3 Å². The SMILES string of the molecule is Cc1nn(CC(=O)NC(C)C23CC4CC(CC(C4)C2)C3)c(=O)c(C#N)c1C. The van der Waals surface area contributed by atoms with Crippen molar-refractivity contribution in [2.75, 3.05) is 0 Å². The van der Waals surface area contributed by atoms with Crippen LogP contribution in [0.1, 0.15) is 62.3 Å². The smallest absolute Gasteiger partial charge is 0.285 e. The summed E-state index contributed by atoms with van der Waals surface area (Å²) in [5.74, 6) is 2.30. The summed E-state index contributed by atoms with van der Waals surface area (Å²) in [6.45, 7) is 5.46. The van der Waals surface area contributed by atoms with Crippen molar-refractivity contribution in [1.82, 2.24) is 15.1 Å². The van der Waals surface area contributed by atoms with Crippen molar-refractivity contribution in [3.05, 3.63) is 27.2 Å². The fourth-order valence-corrected chi connectivity index (χ4v) is 6.29. The van der Waals surface area contributed by atoms with Crippen molar-refractivity contribution >= 4 is 5.91 Å². The van der Waals surface area contributed by atoms with Gasteiger partial charge in [-0.05, 0) is 88.0 Å². The Hall–Kier alpha value is -2.16. The quantitative estimate of drug-likeness (QED) is 0.884. The first-order chi connectivity index (χ1) is 12.8. The third kappa shape index (κ3) is 3.07. The monoisotopic (exact) mass is 368 g/mol. The molecular weight excluding hydrogens is 340 g/mol. The van der Waals surface area contributed by atoms with E-state index in [0.29, 0.717) is 11.3 Å². The van der Waals surface area contributed by atoms with E-state index in [9.17, 15) is 14.9 Å². The predicted molar refractivity (Wildman–Crippen MR) is 101 cm³/mol. The molecule has 1 unspecified atom stereocenters. The number of aryl methyl sites for hydroxylation is 1. The Labute approximate surface area is 160 Å². The maximum Gasteiger partial charge on any atom is 0.285 e. The van der Waals surface area contributed by atoms with Crippen LogP contribution in [0.15, 0.2) is 4.79 Å². The van der Waals surface area contributed by atoms with E-state index in [0.717, 1.165) is 22.4 Å². The summed E-state index contributed by atoms with van der Waals surface area (Å²) in [5, 5.41) is 16.6. The van der Waals surface area contributed by atoms with Gasteiger partial charge in [-0.3, -0.25) is 9.59 Å². The summed E-state index contributed by atoms with van der Waals surface area (Å²) >= 11 is 0. The molecule has 1 N–H and O–H groups in total. The predicted octanol–water partition coefficient (Wildman–Crippen LogP) is 2.45. The molecule has 144 valence electrons. The molecule has 4 aliphatic rings. The van der Waals surface area contributed by atoms with E-state index in [4.69, 9.17) is 0 Å². The highest BCUT2D eigenvalue weighted by Crippen LogP contribution is 2.61. The summed E-state index contributed by atoms with van der Waals surface area (Å²) in [4.78, 5) is 25.1. The highest BCUT2D eigenvalue weighted by atomic mass is 16.2. The molecule has 0 radical (unpaired) electrons. The Morgan fingerprint density at radius 1 is 1.26 bits per heavy atom. The minimum Gasteiger partial charge on any atom is -0.351 e. The highest BCUT2D eigenvalue weighted by Gasteiger charge is 2.53. The van der Waals surface area contributed by atoms with Gasteiger partial charge in [-0.2, -0.15) is 10.4 Å². The minimum absolute atomic E-state index is 0.0735. The molecule has 6 nitrogen and oxygen atoms in total. The van der Waals surface area contributed by atoms with Gasteiger partial charge in [0.2, 0.25) is 5.91 Å². The zero-order valence-corrected chi connectivity index (χ0v) is 16.4. The van der Waals surface area contributed by atoms with Crippen LogP contribution in [0.2, 0.25) is 0 Å². The first-order valence-electron chi connectivity index (χ1n) is 10.1. The first-order valence-corrected chi connectivity index (χ1v) is 10.1. The van der Waals surface area contributed by atoms with Gasteiger partial charge in [0.15, 0.2) is 0 Å². The topological polar surface area (TPSA) is 87.8 Å². The lowest BCUT2D eigenvalue weighted by Crippen LogP contribution is -2.56. The van der Waals surface area contributed by atoms with Crippen LogP contribution in [0.3, 0.4) is 0 Å². The number of rotatable bonds is 4. The van der Waals surface area contributed by atoms with Gasteiger partial charge >= 0.3 is 0 Å². The van der Waals surface area contributed by atoms with E-state index in [1.54, 1.807) is 13.8 Å². The number of carbonyl (C=O) groups excluding carboxylic acids is 1. The number of hydrogen-bond acceptors (Lipinski definition) is 4. The van der Waals surface area contributed by atoms with E-state index in [1.807, 2.05) is 6.07 Å². The molecule has 6 heteroatoms. The van der Waals surface area contributed by atoms with E-state index in [-0.39, 0.29) is 29.5 Å². The molecule has 1 aromatic rings. The number of nitrogens with one attached hydrogen (secondary N) is 1. The first kappa shape index (κ1) is 18.2. The molecule has 0 aliphatic heterocycles. The zero-order chi connectivity index (χ0) is 19.3. The van der Waals surface area contributed by atoms with Gasteiger partial charge in [0.25, 0.3) is 5.56 Å². The Morgan fingerprint density at radius 2 is 1.81 bits per heavy atom. The molecule has 1 heterocycles. The Morgan fingerprint density at radius 3 is 2.33 bits per heavy atom. The standard InChI is InChI=1S/C21H28N4O2/c1-12-13(2)24-25(20(27)18(12)10-22)11-19(26)23-14(3)21-7-15-4-16(8-21)6-17(5-15)9-21/h14-17H,4-9,11H2,1-3H3,(H,23,26). The maximum absolute atomic E-state index is 12.7. The van der Waals surface area contributed by atoms with E-state index < -0.39 is 5.56 Å². The van der Waals surface area contributed by atoms with Gasteiger partial charge < -0.3 is 5.32 Å². The van der Waals surface area contributed by atoms with Crippen molar-refractivity contribution in [3.63, 3.8) is 0 Å². The number of hydrogen-bond donors (Lipinski definition) is 1. The summed E-state index contributed by atoms with van der Waals surface area (Å²) in [6, 6.07) is 2.05.